The maximum absolute atomic E-state index is 3.53. The topological polar surface area (TPSA) is 15.3 Å². The molecule has 0 radical (unpaired) electrons. The Morgan fingerprint density at radius 3 is 2.82 bits per heavy atom. The van der Waals surface area contributed by atoms with Gasteiger partial charge in [-0.25, -0.2) is 0 Å². The summed E-state index contributed by atoms with van der Waals surface area (Å²) in [6, 6.07) is 0. The summed E-state index contributed by atoms with van der Waals surface area (Å²) in [5.74, 6) is 0. The van der Waals surface area contributed by atoms with E-state index < -0.39 is 0 Å². The summed E-state index contributed by atoms with van der Waals surface area (Å²) in [6.45, 7) is 9.33. The van der Waals surface area contributed by atoms with E-state index >= 15 is 0 Å². The van der Waals surface area contributed by atoms with Crippen molar-refractivity contribution in [3.8, 4) is 0 Å². The first-order chi connectivity index (χ1) is 5.43. The van der Waals surface area contributed by atoms with E-state index in [-0.39, 0.29) is 0 Å². The van der Waals surface area contributed by atoms with E-state index in [1.165, 1.54) is 13.1 Å². The van der Waals surface area contributed by atoms with Crippen molar-refractivity contribution in [2.45, 2.75) is 6.42 Å². The molecule has 2 heteroatoms. The molecule has 1 aliphatic heterocycles. The molecule has 0 spiro atoms. The average molecular weight is 152 g/mol. The molecule has 0 saturated carbocycles. The molecule has 0 unspecified atom stereocenters. The molecule has 0 aromatic heterocycles. The smallest absolute Gasteiger partial charge is 0.0108 e. The van der Waals surface area contributed by atoms with Crippen LogP contribution in [0.15, 0.2) is 18.4 Å². The minimum Gasteiger partial charge on any atom is -0.314 e. The second-order valence-corrected chi connectivity index (χ2v) is 2.79. The molecular formula is C9H16N2. The molecule has 1 rings (SSSR count). The molecule has 0 aromatic rings. The fourth-order valence-electron chi connectivity index (χ4n) is 1.28. The van der Waals surface area contributed by atoms with E-state index in [4.69, 9.17) is 0 Å². The molecule has 0 amide bonds. The molecule has 1 aliphatic rings. The van der Waals surface area contributed by atoms with Crippen LogP contribution in [-0.2, 0) is 0 Å². The minimum atomic E-state index is 1.09. The van der Waals surface area contributed by atoms with Gasteiger partial charge >= 0.3 is 0 Å². The first-order valence-corrected chi connectivity index (χ1v) is 4.21. The zero-order valence-corrected chi connectivity index (χ0v) is 6.97. The molecule has 1 N–H and O–H groups in total. The Balaban J connectivity index is 2.09. The predicted octanol–water partition coefficient (Wildman–Crippen LogP) is 0.623. The van der Waals surface area contributed by atoms with Crippen LogP contribution in [-0.4, -0.2) is 37.6 Å². The highest BCUT2D eigenvalue weighted by molar-refractivity contribution is 4.78. The molecular weight excluding hydrogens is 136 g/mol. The number of nitrogens with one attached hydrogen (secondary N) is 1. The molecule has 1 fully saturated rings. The van der Waals surface area contributed by atoms with Gasteiger partial charge in [0.2, 0.25) is 0 Å². The van der Waals surface area contributed by atoms with E-state index in [1.54, 1.807) is 0 Å². The first kappa shape index (κ1) is 8.54. The minimum absolute atomic E-state index is 1.09. The SMILES string of the molecule is C=C=CCCN1CCNCC1. The lowest BCUT2D eigenvalue weighted by Crippen LogP contribution is -2.43. The lowest BCUT2D eigenvalue weighted by molar-refractivity contribution is 0.245. The van der Waals surface area contributed by atoms with Crippen LogP contribution in [0.5, 0.6) is 0 Å². The normalized spacial score (nSPS) is 19.3. The van der Waals surface area contributed by atoms with Crippen LogP contribution >= 0.6 is 0 Å². The largest absolute Gasteiger partial charge is 0.314 e. The van der Waals surface area contributed by atoms with Crippen molar-refractivity contribution in [1.29, 1.82) is 0 Å². The maximum Gasteiger partial charge on any atom is 0.0108 e. The molecule has 0 aromatic carbocycles. The fraction of sp³-hybridized carbons (Fsp3) is 0.667. The van der Waals surface area contributed by atoms with Gasteiger partial charge in [0, 0.05) is 32.7 Å². The summed E-state index contributed by atoms with van der Waals surface area (Å²) in [5, 5.41) is 3.33. The zero-order chi connectivity index (χ0) is 7.94. The van der Waals surface area contributed by atoms with Crippen molar-refractivity contribution in [1.82, 2.24) is 10.2 Å². The second kappa shape index (κ2) is 5.14. The van der Waals surface area contributed by atoms with Crippen LogP contribution in [0.2, 0.25) is 0 Å². The van der Waals surface area contributed by atoms with Gasteiger partial charge in [-0.05, 0) is 12.5 Å². The van der Waals surface area contributed by atoms with Crippen molar-refractivity contribution in [2.24, 2.45) is 0 Å². The van der Waals surface area contributed by atoms with Gasteiger partial charge in [-0.15, -0.1) is 5.73 Å². The van der Waals surface area contributed by atoms with Crippen molar-refractivity contribution in [3.05, 3.63) is 18.4 Å². The van der Waals surface area contributed by atoms with Gasteiger partial charge in [-0.3, -0.25) is 0 Å². The molecule has 0 aliphatic carbocycles. The van der Waals surface area contributed by atoms with Gasteiger partial charge in [-0.1, -0.05) is 6.58 Å². The monoisotopic (exact) mass is 152 g/mol. The first-order valence-electron chi connectivity index (χ1n) is 4.21. The second-order valence-electron chi connectivity index (χ2n) is 2.79. The lowest BCUT2D eigenvalue weighted by atomic mass is 10.3. The molecule has 62 valence electrons. The van der Waals surface area contributed by atoms with E-state index in [2.05, 4.69) is 22.5 Å². The maximum atomic E-state index is 3.53. The van der Waals surface area contributed by atoms with E-state index in [0.717, 1.165) is 26.1 Å². The summed E-state index contributed by atoms with van der Waals surface area (Å²) in [4.78, 5) is 2.46. The van der Waals surface area contributed by atoms with Crippen molar-refractivity contribution >= 4 is 0 Å². The van der Waals surface area contributed by atoms with Crippen LogP contribution in [0, 0.1) is 0 Å². The fourth-order valence-corrected chi connectivity index (χ4v) is 1.28. The van der Waals surface area contributed by atoms with E-state index in [0.29, 0.717) is 0 Å². The third-order valence-electron chi connectivity index (χ3n) is 1.94. The highest BCUT2D eigenvalue weighted by Crippen LogP contribution is 1.93. The van der Waals surface area contributed by atoms with Crippen LogP contribution < -0.4 is 5.32 Å². The van der Waals surface area contributed by atoms with Gasteiger partial charge in [0.25, 0.3) is 0 Å². The van der Waals surface area contributed by atoms with E-state index in [9.17, 15) is 0 Å². The Hall–Kier alpha value is -0.560. The van der Waals surface area contributed by atoms with Gasteiger partial charge in [0.1, 0.15) is 0 Å². The third kappa shape index (κ3) is 3.38. The van der Waals surface area contributed by atoms with Crippen LogP contribution in [0.4, 0.5) is 0 Å². The molecule has 11 heavy (non-hydrogen) atoms. The zero-order valence-electron chi connectivity index (χ0n) is 6.97. The van der Waals surface area contributed by atoms with Gasteiger partial charge in [0.05, 0.1) is 0 Å². The van der Waals surface area contributed by atoms with E-state index in [1.807, 2.05) is 6.08 Å². The van der Waals surface area contributed by atoms with Crippen LogP contribution in [0.3, 0.4) is 0 Å². The standard InChI is InChI=1S/C9H16N2/c1-2-3-4-7-11-8-5-10-6-9-11/h3,10H,1,4-9H2. The summed E-state index contributed by atoms with van der Waals surface area (Å²) >= 11 is 0. The van der Waals surface area contributed by atoms with Crippen molar-refractivity contribution in [2.75, 3.05) is 32.7 Å². The Morgan fingerprint density at radius 1 is 1.45 bits per heavy atom. The summed E-state index contributed by atoms with van der Waals surface area (Å²) in [7, 11) is 0. The van der Waals surface area contributed by atoms with Gasteiger partial charge < -0.3 is 10.2 Å². The number of piperazine rings is 1. The molecule has 0 atom stereocenters. The summed E-state index contributed by atoms with van der Waals surface area (Å²) in [5.41, 5.74) is 2.79. The molecule has 1 heterocycles. The van der Waals surface area contributed by atoms with Crippen molar-refractivity contribution in [3.63, 3.8) is 0 Å². The van der Waals surface area contributed by atoms with Crippen LogP contribution in [0.1, 0.15) is 6.42 Å². The number of hydrogen-bond acceptors (Lipinski definition) is 2. The summed E-state index contributed by atoms with van der Waals surface area (Å²) in [6.07, 6.45) is 3.09. The number of nitrogens with zero attached hydrogens (tertiary/aromatic N) is 1. The molecule has 0 bridgehead atoms. The van der Waals surface area contributed by atoms with Gasteiger partial charge in [-0.2, -0.15) is 0 Å². The molecule has 1 saturated heterocycles. The predicted molar refractivity (Wildman–Crippen MR) is 47.6 cm³/mol. The quantitative estimate of drug-likeness (QED) is 0.596. The lowest BCUT2D eigenvalue weighted by Gasteiger charge is -2.26. The highest BCUT2D eigenvalue weighted by atomic mass is 15.2. The van der Waals surface area contributed by atoms with Crippen molar-refractivity contribution < 1.29 is 0 Å². The summed E-state index contributed by atoms with van der Waals surface area (Å²) < 4.78 is 0. The Labute approximate surface area is 68.6 Å². The molecule has 2 nitrogen and oxygen atoms in total. The van der Waals surface area contributed by atoms with Crippen LogP contribution in [0.25, 0.3) is 0 Å². The Bertz CT molecular complexity index is 142. The number of hydrogen-bond donors (Lipinski definition) is 1. The highest BCUT2D eigenvalue weighted by Gasteiger charge is 2.06. The third-order valence-corrected chi connectivity index (χ3v) is 1.94. The van der Waals surface area contributed by atoms with Gasteiger partial charge in [0.15, 0.2) is 0 Å². The Kier molecular flexibility index (Phi) is 3.99. The average Bonchev–Trinajstić information content (AvgIpc) is 2.07. The number of rotatable bonds is 3. The Morgan fingerprint density at radius 2 is 2.18 bits per heavy atom.